The van der Waals surface area contributed by atoms with Gasteiger partial charge in [0, 0.05) is 23.6 Å². The van der Waals surface area contributed by atoms with Crippen molar-refractivity contribution < 1.29 is 14.3 Å². The van der Waals surface area contributed by atoms with Crippen molar-refractivity contribution >= 4 is 11.0 Å². The summed E-state index contributed by atoms with van der Waals surface area (Å²) in [5.41, 5.74) is 1.65. The lowest BCUT2D eigenvalue weighted by Gasteiger charge is -2.08. The van der Waals surface area contributed by atoms with E-state index in [1.54, 1.807) is 25.3 Å². The number of aromatic hydroxyl groups is 1. The van der Waals surface area contributed by atoms with Crippen LogP contribution in [0.4, 0.5) is 0 Å². The predicted molar refractivity (Wildman–Crippen MR) is 103 cm³/mol. The number of hydrogen-bond acceptors (Lipinski definition) is 5. The molecule has 26 heavy (non-hydrogen) atoms. The molecule has 0 aliphatic rings. The fraction of sp³-hybridized carbons (Fsp3) is 0.286. The zero-order valence-electron chi connectivity index (χ0n) is 15.4. The number of nitrogens with zero attached hydrogens (tertiary/aromatic N) is 2. The number of benzene rings is 2. The van der Waals surface area contributed by atoms with Crippen molar-refractivity contribution in [3.8, 4) is 22.8 Å². The van der Waals surface area contributed by atoms with Gasteiger partial charge in [-0.2, -0.15) is 0 Å². The molecule has 1 heterocycles. The molecule has 0 saturated carbocycles. The standard InChI is InChI=1S/C21H24N2O3/c1-23(2)12-4-11-22-19-14-21(15-5-8-17(25-3)9-6-15)26-20-10-7-16(24)13-18(19)20/h5-10,13-14,24H,4,11-12H2,1-3H3. The third-order valence-corrected chi connectivity index (χ3v) is 4.15. The maximum Gasteiger partial charge on any atom is 0.137 e. The normalized spacial score (nSPS) is 12.1. The van der Waals surface area contributed by atoms with E-state index in [0.717, 1.165) is 47.3 Å². The molecule has 0 amide bonds. The van der Waals surface area contributed by atoms with Gasteiger partial charge in [0.1, 0.15) is 22.8 Å². The van der Waals surface area contributed by atoms with E-state index < -0.39 is 0 Å². The Morgan fingerprint density at radius 2 is 1.85 bits per heavy atom. The van der Waals surface area contributed by atoms with Gasteiger partial charge in [-0.1, -0.05) is 0 Å². The van der Waals surface area contributed by atoms with Crippen LogP contribution in [0.15, 0.2) is 57.9 Å². The molecular weight excluding hydrogens is 328 g/mol. The highest BCUT2D eigenvalue weighted by atomic mass is 16.5. The first-order chi connectivity index (χ1) is 12.6. The van der Waals surface area contributed by atoms with E-state index >= 15 is 0 Å². The smallest absolute Gasteiger partial charge is 0.137 e. The quantitative estimate of drug-likeness (QED) is 0.688. The predicted octanol–water partition coefficient (Wildman–Crippen LogP) is 3.67. The molecular formula is C21H24N2O3. The van der Waals surface area contributed by atoms with Gasteiger partial charge in [-0.25, -0.2) is 0 Å². The second-order valence-electron chi connectivity index (χ2n) is 6.44. The van der Waals surface area contributed by atoms with E-state index in [1.807, 2.05) is 30.3 Å². The van der Waals surface area contributed by atoms with Gasteiger partial charge in [0.2, 0.25) is 0 Å². The monoisotopic (exact) mass is 352 g/mol. The number of phenolic OH excluding ortho intramolecular Hbond substituents is 1. The summed E-state index contributed by atoms with van der Waals surface area (Å²) in [4.78, 5) is 6.89. The Bertz CT molecular complexity index is 944. The molecule has 5 heteroatoms. The summed E-state index contributed by atoms with van der Waals surface area (Å²) in [6.45, 7) is 1.70. The molecule has 0 aliphatic heterocycles. The minimum atomic E-state index is 0.203. The summed E-state index contributed by atoms with van der Waals surface area (Å²) in [6.07, 6.45) is 0.969. The van der Waals surface area contributed by atoms with Crippen molar-refractivity contribution in [3.05, 3.63) is 53.9 Å². The Hall–Kier alpha value is -2.79. The fourth-order valence-corrected chi connectivity index (χ4v) is 2.77. The molecule has 3 rings (SSSR count). The van der Waals surface area contributed by atoms with Gasteiger partial charge in [-0.3, -0.25) is 4.99 Å². The van der Waals surface area contributed by atoms with Crippen molar-refractivity contribution in [2.24, 2.45) is 4.99 Å². The van der Waals surface area contributed by atoms with Crippen LogP contribution in [0, 0.1) is 0 Å². The first kappa shape index (κ1) is 18.0. The highest BCUT2D eigenvalue weighted by Crippen LogP contribution is 2.25. The largest absolute Gasteiger partial charge is 0.508 e. The van der Waals surface area contributed by atoms with E-state index in [1.165, 1.54) is 0 Å². The summed E-state index contributed by atoms with van der Waals surface area (Å²) in [5.74, 6) is 1.74. The molecule has 0 aliphatic carbocycles. The zero-order chi connectivity index (χ0) is 18.5. The van der Waals surface area contributed by atoms with Crippen molar-refractivity contribution in [2.75, 3.05) is 34.3 Å². The summed E-state index contributed by atoms with van der Waals surface area (Å²) in [7, 11) is 5.75. The Balaban J connectivity index is 2.04. The minimum Gasteiger partial charge on any atom is -0.508 e. The summed E-state index contributed by atoms with van der Waals surface area (Å²) in [6, 6.07) is 14.7. The van der Waals surface area contributed by atoms with Crippen LogP contribution in [0.3, 0.4) is 0 Å². The van der Waals surface area contributed by atoms with Gasteiger partial charge in [-0.05, 0) is 69.5 Å². The topological polar surface area (TPSA) is 58.2 Å². The van der Waals surface area contributed by atoms with Crippen molar-refractivity contribution in [1.29, 1.82) is 0 Å². The second kappa shape index (κ2) is 8.06. The van der Waals surface area contributed by atoms with Crippen molar-refractivity contribution in [2.45, 2.75) is 6.42 Å². The molecule has 0 saturated heterocycles. The molecule has 0 unspecified atom stereocenters. The summed E-state index contributed by atoms with van der Waals surface area (Å²) < 4.78 is 11.3. The zero-order valence-corrected chi connectivity index (χ0v) is 15.4. The molecule has 0 bridgehead atoms. The lowest BCUT2D eigenvalue weighted by Crippen LogP contribution is -2.14. The molecule has 0 fully saturated rings. The van der Waals surface area contributed by atoms with Gasteiger partial charge in [-0.15, -0.1) is 0 Å². The molecule has 1 aromatic heterocycles. The molecule has 2 aromatic carbocycles. The fourth-order valence-electron chi connectivity index (χ4n) is 2.77. The minimum absolute atomic E-state index is 0.203. The molecule has 1 N–H and O–H groups in total. The number of fused-ring (bicyclic) bond motifs is 1. The van der Waals surface area contributed by atoms with E-state index in [2.05, 4.69) is 19.0 Å². The first-order valence-electron chi connectivity index (χ1n) is 8.63. The maximum atomic E-state index is 9.84. The van der Waals surface area contributed by atoms with Gasteiger partial charge < -0.3 is 19.2 Å². The van der Waals surface area contributed by atoms with Crippen LogP contribution in [-0.4, -0.2) is 44.3 Å². The molecule has 3 aromatic rings. The van der Waals surface area contributed by atoms with Crippen molar-refractivity contribution in [1.82, 2.24) is 4.90 Å². The summed E-state index contributed by atoms with van der Waals surface area (Å²) in [5, 5.41) is 11.5. The molecule has 0 radical (unpaired) electrons. The average molecular weight is 352 g/mol. The van der Waals surface area contributed by atoms with Crippen LogP contribution in [0.1, 0.15) is 6.42 Å². The molecule has 0 spiro atoms. The number of phenols is 1. The molecule has 5 nitrogen and oxygen atoms in total. The van der Waals surface area contributed by atoms with Gasteiger partial charge in [0.25, 0.3) is 0 Å². The third-order valence-electron chi connectivity index (χ3n) is 4.15. The van der Waals surface area contributed by atoms with Crippen LogP contribution in [0.5, 0.6) is 11.5 Å². The van der Waals surface area contributed by atoms with Gasteiger partial charge in [0.05, 0.1) is 12.5 Å². The SMILES string of the molecule is COc1ccc(-c2cc(=NCCCN(C)C)c3cc(O)ccc3o2)cc1. The number of methoxy groups -OCH3 is 1. The number of rotatable bonds is 6. The maximum absolute atomic E-state index is 9.84. The van der Waals surface area contributed by atoms with Crippen LogP contribution in [0.25, 0.3) is 22.3 Å². The van der Waals surface area contributed by atoms with Crippen LogP contribution < -0.4 is 10.1 Å². The lowest BCUT2D eigenvalue weighted by atomic mass is 10.1. The summed E-state index contributed by atoms with van der Waals surface area (Å²) >= 11 is 0. The number of ether oxygens (including phenoxy) is 1. The molecule has 0 atom stereocenters. The lowest BCUT2D eigenvalue weighted by molar-refractivity contribution is 0.402. The Morgan fingerprint density at radius 3 is 2.54 bits per heavy atom. The third kappa shape index (κ3) is 4.24. The Labute approximate surface area is 153 Å². The van der Waals surface area contributed by atoms with Crippen LogP contribution in [0.2, 0.25) is 0 Å². The van der Waals surface area contributed by atoms with E-state index in [9.17, 15) is 5.11 Å². The van der Waals surface area contributed by atoms with E-state index in [-0.39, 0.29) is 5.75 Å². The first-order valence-corrected chi connectivity index (χ1v) is 8.63. The van der Waals surface area contributed by atoms with Crippen molar-refractivity contribution in [3.63, 3.8) is 0 Å². The second-order valence-corrected chi connectivity index (χ2v) is 6.44. The number of hydrogen-bond donors (Lipinski definition) is 1. The van der Waals surface area contributed by atoms with Gasteiger partial charge in [0.15, 0.2) is 0 Å². The highest BCUT2D eigenvalue weighted by molar-refractivity contribution is 5.80. The van der Waals surface area contributed by atoms with Gasteiger partial charge >= 0.3 is 0 Å². The van der Waals surface area contributed by atoms with E-state index in [4.69, 9.17) is 14.1 Å². The highest BCUT2D eigenvalue weighted by Gasteiger charge is 2.07. The molecule has 136 valence electrons. The van der Waals surface area contributed by atoms with Crippen LogP contribution in [-0.2, 0) is 0 Å². The Morgan fingerprint density at radius 1 is 1.08 bits per heavy atom. The Kier molecular flexibility index (Phi) is 5.58. The van der Waals surface area contributed by atoms with E-state index in [0.29, 0.717) is 5.58 Å². The average Bonchev–Trinajstić information content (AvgIpc) is 2.65. The van der Waals surface area contributed by atoms with Crippen LogP contribution >= 0.6 is 0 Å².